The second-order valence-corrected chi connectivity index (χ2v) is 19.6. The van der Waals surface area contributed by atoms with Gasteiger partial charge in [-0.1, -0.05) is 172 Å². The predicted octanol–water partition coefficient (Wildman–Crippen LogP) is 16.8. The van der Waals surface area contributed by atoms with Crippen LogP contribution in [0.3, 0.4) is 0 Å². The van der Waals surface area contributed by atoms with E-state index in [0.717, 1.165) is 35.5 Å². The van der Waals surface area contributed by atoms with E-state index in [-0.39, 0.29) is 0 Å². The van der Waals surface area contributed by atoms with Crippen LogP contribution in [0, 0.1) is 71.0 Å². The lowest BCUT2D eigenvalue weighted by atomic mass is 9.69. The average molecular weight is 771 g/mol. The van der Waals surface area contributed by atoms with Gasteiger partial charge in [0.15, 0.2) is 0 Å². The molecular formula is C57H86. The number of unbranched alkanes of at least 4 members (excludes halogenated alkanes) is 5. The van der Waals surface area contributed by atoms with Crippen LogP contribution in [0.4, 0.5) is 0 Å². The molecular weight excluding hydrogens is 685 g/mol. The molecule has 0 bridgehead atoms. The van der Waals surface area contributed by atoms with Crippen LogP contribution in [-0.4, -0.2) is 0 Å². The second kappa shape index (κ2) is 26.6. The molecule has 0 heteroatoms. The molecule has 4 fully saturated rings. The summed E-state index contributed by atoms with van der Waals surface area (Å²) in [4.78, 5) is 0. The van der Waals surface area contributed by atoms with E-state index in [1.165, 1.54) is 208 Å². The maximum absolute atomic E-state index is 3.60. The second-order valence-electron chi connectivity index (χ2n) is 19.6. The Hall–Kier alpha value is -2.44. The molecule has 0 N–H and O–H groups in total. The standard InChI is InChI=1S/C29H44.C28H42/c1-3-5-6-7-9-25-16-20-28(21-17-25)29-22-18-27(19-23-29)15-14-26-12-10-24(8-4-2)11-13-26;1-3-5-6-8-24-15-19-27(20-16-24)28-21-17-26(18-22-28)14-13-25-11-9-23(7-4-2)10-12-25/h10-13,25,27-29H,3-9,16-23H2,1-2H3;9-12,24,26-28H,3-8,15-22H2,1-2H3. The summed E-state index contributed by atoms with van der Waals surface area (Å²) < 4.78 is 0. The van der Waals surface area contributed by atoms with Gasteiger partial charge in [0.2, 0.25) is 0 Å². The number of benzene rings is 2. The molecule has 4 saturated carbocycles. The van der Waals surface area contributed by atoms with Crippen molar-refractivity contribution in [3.63, 3.8) is 0 Å². The highest BCUT2D eigenvalue weighted by Gasteiger charge is 2.31. The van der Waals surface area contributed by atoms with Crippen molar-refractivity contribution in [3.8, 4) is 23.7 Å². The molecule has 57 heavy (non-hydrogen) atoms. The van der Waals surface area contributed by atoms with Gasteiger partial charge in [-0.05, 0) is 161 Å². The third-order valence-electron chi connectivity index (χ3n) is 15.2. The normalized spacial score (nSPS) is 27.5. The third kappa shape index (κ3) is 16.6. The maximum atomic E-state index is 3.60. The predicted molar refractivity (Wildman–Crippen MR) is 249 cm³/mol. The molecule has 4 aliphatic carbocycles. The van der Waals surface area contributed by atoms with Gasteiger partial charge in [-0.2, -0.15) is 0 Å². The molecule has 0 unspecified atom stereocenters. The highest BCUT2D eigenvalue weighted by Crippen LogP contribution is 2.43. The van der Waals surface area contributed by atoms with Crippen LogP contribution < -0.4 is 0 Å². The van der Waals surface area contributed by atoms with E-state index in [4.69, 9.17) is 0 Å². The van der Waals surface area contributed by atoms with Crippen molar-refractivity contribution in [1.82, 2.24) is 0 Å². The smallest absolute Gasteiger partial charge is 0.0245 e. The molecule has 0 radical (unpaired) electrons. The van der Waals surface area contributed by atoms with Crippen LogP contribution in [0.15, 0.2) is 48.5 Å². The zero-order chi connectivity index (χ0) is 39.9. The summed E-state index contributed by atoms with van der Waals surface area (Å²) >= 11 is 0. The van der Waals surface area contributed by atoms with E-state index in [9.17, 15) is 0 Å². The van der Waals surface area contributed by atoms with Crippen LogP contribution in [0.2, 0.25) is 0 Å². The van der Waals surface area contributed by atoms with Crippen molar-refractivity contribution >= 4 is 0 Å². The van der Waals surface area contributed by atoms with Gasteiger partial charge in [0.05, 0.1) is 0 Å². The molecule has 0 aliphatic heterocycles. The lowest BCUT2D eigenvalue weighted by molar-refractivity contribution is 0.153. The largest absolute Gasteiger partial charge is 0.0945 e. The van der Waals surface area contributed by atoms with E-state index in [2.05, 4.69) is 99.9 Å². The van der Waals surface area contributed by atoms with Gasteiger partial charge in [-0.3, -0.25) is 0 Å². The van der Waals surface area contributed by atoms with E-state index in [1.54, 1.807) is 0 Å². The SMILES string of the molecule is CCCCCC1CCC(C2CCC(C#Cc3ccc(CCC)cc3)CC2)CC1.CCCCCCC1CCC(C2CCC(C#Cc3ccc(CCC)cc3)CC2)CC1. The van der Waals surface area contributed by atoms with Gasteiger partial charge < -0.3 is 0 Å². The quantitative estimate of drug-likeness (QED) is 0.125. The van der Waals surface area contributed by atoms with Crippen molar-refractivity contribution in [1.29, 1.82) is 0 Å². The Morgan fingerprint density at radius 3 is 1.05 bits per heavy atom. The lowest BCUT2D eigenvalue weighted by Crippen LogP contribution is -2.25. The minimum atomic E-state index is 0.636. The molecule has 0 nitrogen and oxygen atoms in total. The van der Waals surface area contributed by atoms with Gasteiger partial charge in [-0.15, -0.1) is 0 Å². The van der Waals surface area contributed by atoms with Gasteiger partial charge in [0.1, 0.15) is 0 Å². The first-order valence-electron chi connectivity index (χ1n) is 25.3. The molecule has 6 rings (SSSR count). The van der Waals surface area contributed by atoms with Crippen molar-refractivity contribution in [3.05, 3.63) is 70.8 Å². The van der Waals surface area contributed by atoms with E-state index < -0.39 is 0 Å². The fourth-order valence-electron chi connectivity index (χ4n) is 11.4. The topological polar surface area (TPSA) is 0 Å². The molecule has 2 aromatic carbocycles. The van der Waals surface area contributed by atoms with Gasteiger partial charge in [0, 0.05) is 23.0 Å². The molecule has 2 aromatic rings. The zero-order valence-electron chi connectivity index (χ0n) is 37.7. The van der Waals surface area contributed by atoms with Crippen LogP contribution >= 0.6 is 0 Å². The summed E-state index contributed by atoms with van der Waals surface area (Å²) in [6.07, 6.45) is 41.0. The number of hydrogen-bond acceptors (Lipinski definition) is 0. The molecule has 0 heterocycles. The van der Waals surface area contributed by atoms with Gasteiger partial charge in [0.25, 0.3) is 0 Å². The number of aryl methyl sites for hydroxylation is 2. The maximum Gasteiger partial charge on any atom is 0.0245 e. The Kier molecular flexibility index (Phi) is 21.3. The molecule has 0 atom stereocenters. The molecule has 4 aliphatic rings. The first-order chi connectivity index (χ1) is 28.1. The Labute approximate surface area is 354 Å². The third-order valence-corrected chi connectivity index (χ3v) is 15.2. The Balaban J connectivity index is 0.000000218. The summed E-state index contributed by atoms with van der Waals surface area (Å²) in [5.41, 5.74) is 5.27. The Morgan fingerprint density at radius 2 is 0.702 bits per heavy atom. The minimum Gasteiger partial charge on any atom is -0.0945 e. The Morgan fingerprint density at radius 1 is 0.368 bits per heavy atom. The molecule has 0 amide bonds. The summed E-state index contributed by atoms with van der Waals surface area (Å²) in [6, 6.07) is 17.9. The lowest BCUT2D eigenvalue weighted by Gasteiger charge is -2.37. The summed E-state index contributed by atoms with van der Waals surface area (Å²) in [7, 11) is 0. The fourth-order valence-corrected chi connectivity index (χ4v) is 11.4. The fraction of sp³-hybridized carbons (Fsp3) is 0.719. The molecule has 0 saturated heterocycles. The van der Waals surface area contributed by atoms with Crippen LogP contribution in [0.25, 0.3) is 0 Å². The van der Waals surface area contributed by atoms with E-state index in [1.807, 2.05) is 0 Å². The van der Waals surface area contributed by atoms with Crippen molar-refractivity contribution in [2.24, 2.45) is 47.3 Å². The van der Waals surface area contributed by atoms with Crippen LogP contribution in [-0.2, 0) is 12.8 Å². The van der Waals surface area contributed by atoms with Gasteiger partial charge >= 0.3 is 0 Å². The highest BCUT2D eigenvalue weighted by atomic mass is 14.4. The van der Waals surface area contributed by atoms with Gasteiger partial charge in [-0.25, -0.2) is 0 Å². The van der Waals surface area contributed by atoms with Crippen LogP contribution in [0.5, 0.6) is 0 Å². The summed E-state index contributed by atoms with van der Waals surface area (Å²) in [5.74, 6) is 21.6. The number of hydrogen-bond donors (Lipinski definition) is 0. The number of rotatable bonds is 15. The van der Waals surface area contributed by atoms with Crippen LogP contribution in [0.1, 0.15) is 223 Å². The first kappa shape index (κ1) is 45.6. The summed E-state index contributed by atoms with van der Waals surface area (Å²) in [6.45, 7) is 9.12. The molecule has 0 aromatic heterocycles. The highest BCUT2D eigenvalue weighted by molar-refractivity contribution is 5.37. The van der Waals surface area contributed by atoms with E-state index in [0.29, 0.717) is 11.8 Å². The van der Waals surface area contributed by atoms with Crippen molar-refractivity contribution in [2.45, 2.75) is 214 Å². The monoisotopic (exact) mass is 771 g/mol. The van der Waals surface area contributed by atoms with Crippen molar-refractivity contribution in [2.75, 3.05) is 0 Å². The zero-order valence-corrected chi connectivity index (χ0v) is 37.7. The Bertz CT molecular complexity index is 1440. The van der Waals surface area contributed by atoms with Crippen molar-refractivity contribution < 1.29 is 0 Å². The first-order valence-corrected chi connectivity index (χ1v) is 25.3. The summed E-state index contributed by atoms with van der Waals surface area (Å²) in [5, 5.41) is 0. The average Bonchev–Trinajstić information content (AvgIpc) is 3.26. The molecule has 0 spiro atoms. The minimum absolute atomic E-state index is 0.636. The van der Waals surface area contributed by atoms with E-state index >= 15 is 0 Å². The molecule has 314 valence electrons.